The molecule has 3 N–H and O–H groups in total. The summed E-state index contributed by atoms with van der Waals surface area (Å²) in [6.07, 6.45) is 3.10. The van der Waals surface area contributed by atoms with E-state index in [0.717, 1.165) is 24.9 Å². The lowest BCUT2D eigenvalue weighted by Crippen LogP contribution is -2.38. The predicted octanol–water partition coefficient (Wildman–Crippen LogP) is 5.31. The number of phenolic OH excluding ortho intramolecular Hbond substituents is 1. The third kappa shape index (κ3) is 9.91. The molecular formula is C27H37NO5. The van der Waals surface area contributed by atoms with E-state index in [1.54, 1.807) is 0 Å². The molecule has 0 amide bonds. The molecule has 0 fully saturated rings. The number of carboxylic acid groups (broad SMARTS) is 2. The largest absolute Gasteiger partial charge is 0.508 e. The molecule has 0 heterocycles. The van der Waals surface area contributed by atoms with Crippen LogP contribution in [0.1, 0.15) is 63.6 Å². The van der Waals surface area contributed by atoms with Gasteiger partial charge >= 0.3 is 11.9 Å². The van der Waals surface area contributed by atoms with Crippen molar-refractivity contribution in [2.45, 2.75) is 65.5 Å². The molecule has 0 bridgehead atoms. The highest BCUT2D eigenvalue weighted by atomic mass is 16.4. The third-order valence-electron chi connectivity index (χ3n) is 5.45. The Kier molecular flexibility index (Phi) is 11.9. The molecule has 0 saturated carbocycles. The molecular weight excluding hydrogens is 418 g/mol. The van der Waals surface area contributed by atoms with Gasteiger partial charge < -0.3 is 15.3 Å². The topological polar surface area (TPSA) is 98.1 Å². The minimum absolute atomic E-state index is 0.215. The number of aromatic hydroxyl groups is 1. The summed E-state index contributed by atoms with van der Waals surface area (Å²) in [6, 6.07) is 17.7. The first-order valence-electron chi connectivity index (χ1n) is 11.3. The van der Waals surface area contributed by atoms with Crippen molar-refractivity contribution in [1.82, 2.24) is 4.90 Å². The van der Waals surface area contributed by atoms with Gasteiger partial charge in [-0.25, -0.2) is 9.59 Å². The Bertz CT molecular complexity index is 882. The first-order valence-corrected chi connectivity index (χ1v) is 11.3. The molecule has 6 heteroatoms. The highest BCUT2D eigenvalue weighted by molar-refractivity contribution is 5.89. The van der Waals surface area contributed by atoms with Crippen molar-refractivity contribution in [2.24, 2.45) is 0 Å². The third-order valence-corrected chi connectivity index (χ3v) is 5.45. The van der Waals surface area contributed by atoms with Gasteiger partial charge in [0.2, 0.25) is 0 Å². The Hall–Kier alpha value is -3.12. The van der Waals surface area contributed by atoms with Gasteiger partial charge in [-0.15, -0.1) is 0 Å². The van der Waals surface area contributed by atoms with Crippen LogP contribution in [0.4, 0.5) is 0 Å². The number of benzene rings is 2. The van der Waals surface area contributed by atoms with Gasteiger partial charge in [-0.1, -0.05) is 49.4 Å². The van der Waals surface area contributed by atoms with Crippen molar-refractivity contribution in [2.75, 3.05) is 6.54 Å². The molecule has 2 aromatic carbocycles. The summed E-state index contributed by atoms with van der Waals surface area (Å²) >= 11 is 0. The van der Waals surface area contributed by atoms with Gasteiger partial charge in [-0.3, -0.25) is 4.90 Å². The fourth-order valence-corrected chi connectivity index (χ4v) is 3.82. The highest BCUT2D eigenvalue weighted by Gasteiger charge is 2.21. The number of phenols is 1. The molecule has 1 atom stereocenters. The van der Waals surface area contributed by atoms with Gasteiger partial charge in [0, 0.05) is 35.7 Å². The van der Waals surface area contributed by atoms with Gasteiger partial charge in [0.25, 0.3) is 0 Å². The summed E-state index contributed by atoms with van der Waals surface area (Å²) < 4.78 is 0. The zero-order valence-corrected chi connectivity index (χ0v) is 20.2. The van der Waals surface area contributed by atoms with Crippen LogP contribution < -0.4 is 0 Å². The molecule has 0 radical (unpaired) electrons. The van der Waals surface area contributed by atoms with Crippen molar-refractivity contribution in [3.05, 3.63) is 77.4 Å². The maximum atomic E-state index is 10.5. The molecule has 0 aliphatic carbocycles. The predicted molar refractivity (Wildman–Crippen MR) is 132 cm³/mol. The molecule has 0 aliphatic rings. The molecule has 0 spiro atoms. The number of carbonyl (C=O) groups is 2. The van der Waals surface area contributed by atoms with Crippen molar-refractivity contribution < 1.29 is 24.9 Å². The second-order valence-corrected chi connectivity index (χ2v) is 8.43. The Balaban J connectivity index is 0.000000582. The minimum atomic E-state index is -1.26. The Morgan fingerprint density at radius 2 is 1.45 bits per heavy atom. The summed E-state index contributed by atoms with van der Waals surface area (Å²) in [5.74, 6) is -1.89. The monoisotopic (exact) mass is 455 g/mol. The van der Waals surface area contributed by atoms with Gasteiger partial charge in [-0.05, 0) is 64.3 Å². The quantitative estimate of drug-likeness (QED) is 0.420. The standard InChI is InChI=1S/C23H33NO.C4H4O4/c1-6-19-12-13-23(25)22(16-19)21(20-10-8-7-9-11-20)14-15-24(17(2)3)18(4)5;5-3(6)1-2-4(7)8/h7-13,16-18,21,25H,6,14-15H2,1-5H3;1-2H,(H,5,6)(H,7,8)/b;2-1+/t21-;/m1./s1. The Morgan fingerprint density at radius 3 is 1.91 bits per heavy atom. The lowest BCUT2D eigenvalue weighted by molar-refractivity contribution is -0.134. The van der Waals surface area contributed by atoms with E-state index in [2.05, 4.69) is 75.9 Å². The maximum absolute atomic E-state index is 10.5. The van der Waals surface area contributed by atoms with Crippen molar-refractivity contribution in [3.8, 4) is 5.75 Å². The summed E-state index contributed by atoms with van der Waals surface area (Å²) in [7, 11) is 0. The lowest BCUT2D eigenvalue weighted by Gasteiger charge is -2.32. The van der Waals surface area contributed by atoms with Crippen LogP contribution in [0, 0.1) is 0 Å². The van der Waals surface area contributed by atoms with Gasteiger partial charge in [0.05, 0.1) is 0 Å². The van der Waals surface area contributed by atoms with E-state index < -0.39 is 11.9 Å². The van der Waals surface area contributed by atoms with Crippen LogP contribution in [0.3, 0.4) is 0 Å². The number of aryl methyl sites for hydroxylation is 1. The van der Waals surface area contributed by atoms with Gasteiger partial charge in [0.1, 0.15) is 5.75 Å². The van der Waals surface area contributed by atoms with E-state index >= 15 is 0 Å². The molecule has 0 unspecified atom stereocenters. The smallest absolute Gasteiger partial charge is 0.328 e. The van der Waals surface area contributed by atoms with Crippen molar-refractivity contribution >= 4 is 11.9 Å². The second kappa shape index (κ2) is 14.1. The van der Waals surface area contributed by atoms with Crippen LogP contribution in [0.15, 0.2) is 60.7 Å². The summed E-state index contributed by atoms with van der Waals surface area (Å²) in [5.41, 5.74) is 3.61. The van der Waals surface area contributed by atoms with E-state index in [9.17, 15) is 14.7 Å². The first-order chi connectivity index (χ1) is 15.6. The average molecular weight is 456 g/mol. The second-order valence-electron chi connectivity index (χ2n) is 8.43. The molecule has 0 saturated heterocycles. The molecule has 0 aromatic heterocycles. The fourth-order valence-electron chi connectivity index (χ4n) is 3.82. The summed E-state index contributed by atoms with van der Waals surface area (Å²) in [4.78, 5) is 21.6. The number of aliphatic carboxylic acids is 2. The number of carboxylic acids is 2. The molecule has 2 rings (SSSR count). The van der Waals surface area contributed by atoms with Crippen LogP contribution in [0.25, 0.3) is 0 Å². The van der Waals surface area contributed by atoms with Crippen LogP contribution in [-0.4, -0.2) is 50.8 Å². The average Bonchev–Trinajstić information content (AvgIpc) is 2.76. The highest BCUT2D eigenvalue weighted by Crippen LogP contribution is 2.35. The van der Waals surface area contributed by atoms with E-state index in [1.165, 1.54) is 11.1 Å². The van der Waals surface area contributed by atoms with Crippen molar-refractivity contribution in [3.63, 3.8) is 0 Å². The Labute approximate surface area is 197 Å². The number of rotatable bonds is 10. The normalized spacial score (nSPS) is 12.1. The van der Waals surface area contributed by atoms with Crippen LogP contribution in [0.5, 0.6) is 5.75 Å². The minimum Gasteiger partial charge on any atom is -0.508 e. The summed E-state index contributed by atoms with van der Waals surface area (Å²) in [5, 5.41) is 26.2. The molecule has 33 heavy (non-hydrogen) atoms. The van der Waals surface area contributed by atoms with Gasteiger partial charge in [0.15, 0.2) is 0 Å². The lowest BCUT2D eigenvalue weighted by atomic mass is 9.86. The molecule has 0 aliphatic heterocycles. The molecule has 2 aromatic rings. The molecule has 6 nitrogen and oxygen atoms in total. The Morgan fingerprint density at radius 1 is 0.909 bits per heavy atom. The summed E-state index contributed by atoms with van der Waals surface area (Å²) in [6.45, 7) is 12.2. The SMILES string of the molecule is CCc1ccc(O)c([C@H](CCN(C(C)C)C(C)C)c2ccccc2)c1.O=C(O)/C=C/C(=O)O. The fraction of sp³-hybridized carbons (Fsp3) is 0.407. The first kappa shape index (κ1) is 27.9. The van der Waals surface area contributed by atoms with E-state index in [0.29, 0.717) is 30.0 Å². The zero-order valence-electron chi connectivity index (χ0n) is 20.2. The van der Waals surface area contributed by atoms with Crippen LogP contribution in [-0.2, 0) is 16.0 Å². The van der Waals surface area contributed by atoms with E-state index in [-0.39, 0.29) is 5.92 Å². The zero-order chi connectivity index (χ0) is 25.0. The van der Waals surface area contributed by atoms with Gasteiger partial charge in [-0.2, -0.15) is 0 Å². The van der Waals surface area contributed by atoms with Crippen molar-refractivity contribution in [1.29, 1.82) is 0 Å². The number of nitrogens with zero attached hydrogens (tertiary/aromatic N) is 1. The van der Waals surface area contributed by atoms with E-state index in [1.807, 2.05) is 12.1 Å². The number of hydrogen-bond acceptors (Lipinski definition) is 4. The van der Waals surface area contributed by atoms with E-state index in [4.69, 9.17) is 10.2 Å². The number of hydrogen-bond donors (Lipinski definition) is 3. The maximum Gasteiger partial charge on any atom is 0.328 e. The molecule has 180 valence electrons. The van der Waals surface area contributed by atoms with Crippen LogP contribution in [0.2, 0.25) is 0 Å². The van der Waals surface area contributed by atoms with Crippen LogP contribution >= 0.6 is 0 Å².